The molecule has 11 heteroatoms. The molecule has 0 aliphatic carbocycles. The molecule has 0 radical (unpaired) electrons. The fourth-order valence-electron chi connectivity index (χ4n) is 2.74. The zero-order valence-corrected chi connectivity index (χ0v) is 13.9. The number of nitro groups is 1. The first-order valence-electron chi connectivity index (χ1n) is 7.78. The number of anilines is 1. The third-order valence-electron chi connectivity index (χ3n) is 4.13. The first-order chi connectivity index (χ1) is 13.2. The summed E-state index contributed by atoms with van der Waals surface area (Å²) in [6.45, 7) is -0.748. The van der Waals surface area contributed by atoms with E-state index in [1.165, 1.54) is 18.2 Å². The van der Waals surface area contributed by atoms with E-state index in [1.54, 1.807) is 0 Å². The number of hydrogen-bond donors (Lipinski definition) is 0. The number of nitro benzene ring substituents is 1. The third-order valence-corrected chi connectivity index (χ3v) is 4.13. The molecule has 3 rings (SSSR count). The van der Waals surface area contributed by atoms with Crippen LogP contribution in [0.4, 0.5) is 28.9 Å². The third kappa shape index (κ3) is 3.38. The smallest absolute Gasteiger partial charge is 0.341 e. The van der Waals surface area contributed by atoms with Crippen molar-refractivity contribution in [2.75, 3.05) is 18.1 Å². The molecule has 1 heterocycles. The van der Waals surface area contributed by atoms with Crippen molar-refractivity contribution in [2.45, 2.75) is 6.42 Å². The Kier molecular flexibility index (Phi) is 4.99. The Hall–Kier alpha value is -3.50. The van der Waals surface area contributed by atoms with Gasteiger partial charge in [-0.1, -0.05) is 6.07 Å². The molecule has 0 fully saturated rings. The van der Waals surface area contributed by atoms with Gasteiger partial charge >= 0.3 is 5.97 Å². The van der Waals surface area contributed by atoms with E-state index in [1.807, 2.05) is 0 Å². The molecule has 146 valence electrons. The van der Waals surface area contributed by atoms with Crippen molar-refractivity contribution in [3.63, 3.8) is 0 Å². The molecule has 0 saturated heterocycles. The number of nitrogens with zero attached hydrogens (tertiary/aromatic N) is 2. The number of ether oxygens (including phenoxy) is 1. The summed E-state index contributed by atoms with van der Waals surface area (Å²) >= 11 is 0. The van der Waals surface area contributed by atoms with Gasteiger partial charge in [-0.05, 0) is 18.1 Å². The Labute approximate surface area is 154 Å². The fourth-order valence-corrected chi connectivity index (χ4v) is 2.74. The van der Waals surface area contributed by atoms with E-state index in [0.717, 1.165) is 4.90 Å². The molecular weight excluding hydrogens is 388 g/mol. The van der Waals surface area contributed by atoms with Crippen molar-refractivity contribution >= 4 is 23.3 Å². The largest absolute Gasteiger partial charge is 0.452 e. The molecule has 0 saturated carbocycles. The number of carbonyl (C=O) groups is 2. The first kappa shape index (κ1) is 19.3. The lowest BCUT2D eigenvalue weighted by Crippen LogP contribution is -2.33. The minimum atomic E-state index is -2.18. The van der Waals surface area contributed by atoms with Crippen molar-refractivity contribution < 1.29 is 36.8 Å². The second-order valence-electron chi connectivity index (χ2n) is 5.79. The van der Waals surface area contributed by atoms with E-state index in [0.29, 0.717) is 12.0 Å². The predicted molar refractivity (Wildman–Crippen MR) is 85.7 cm³/mol. The van der Waals surface area contributed by atoms with Crippen molar-refractivity contribution in [2.24, 2.45) is 0 Å². The number of benzene rings is 2. The van der Waals surface area contributed by atoms with Crippen LogP contribution in [-0.2, 0) is 16.0 Å². The second kappa shape index (κ2) is 7.25. The number of esters is 1. The molecular formula is C17H10F4N2O5. The average molecular weight is 398 g/mol. The zero-order valence-electron chi connectivity index (χ0n) is 13.9. The molecule has 2 aromatic carbocycles. The van der Waals surface area contributed by atoms with E-state index in [4.69, 9.17) is 0 Å². The highest BCUT2D eigenvalue weighted by atomic mass is 19.2. The molecule has 0 aromatic heterocycles. The molecule has 2 aromatic rings. The van der Waals surface area contributed by atoms with Crippen LogP contribution >= 0.6 is 0 Å². The lowest BCUT2D eigenvalue weighted by molar-refractivity contribution is -0.384. The summed E-state index contributed by atoms with van der Waals surface area (Å²) in [5.74, 6) is -10.4. The number of rotatable bonds is 4. The van der Waals surface area contributed by atoms with Crippen LogP contribution in [0.25, 0.3) is 0 Å². The summed E-state index contributed by atoms with van der Waals surface area (Å²) in [5, 5.41) is 10.9. The van der Waals surface area contributed by atoms with E-state index < -0.39 is 52.2 Å². The van der Waals surface area contributed by atoms with Gasteiger partial charge in [0.2, 0.25) is 0 Å². The van der Waals surface area contributed by atoms with Gasteiger partial charge in [0.25, 0.3) is 11.6 Å². The van der Waals surface area contributed by atoms with Gasteiger partial charge in [0.1, 0.15) is 5.56 Å². The predicted octanol–water partition coefficient (Wildman–Crippen LogP) is 2.90. The van der Waals surface area contributed by atoms with Crippen molar-refractivity contribution in [3.8, 4) is 0 Å². The molecule has 28 heavy (non-hydrogen) atoms. The van der Waals surface area contributed by atoms with Gasteiger partial charge in [0, 0.05) is 18.7 Å². The molecule has 1 aliphatic rings. The maximum Gasteiger partial charge on any atom is 0.341 e. The average Bonchev–Trinajstić information content (AvgIpc) is 3.10. The monoisotopic (exact) mass is 398 g/mol. The number of fused-ring (bicyclic) bond motifs is 1. The minimum Gasteiger partial charge on any atom is -0.452 e. The van der Waals surface area contributed by atoms with Crippen LogP contribution in [0, 0.1) is 33.4 Å². The standard InChI is InChI=1S/C17H10F4N2O5/c18-11-6-10(14(19)16(21)15(11)20)17(25)28-7-13(24)22-4-3-8-1-2-9(23(26)27)5-12(8)22/h1-2,5-6H,3-4,7H2. The Morgan fingerprint density at radius 2 is 1.82 bits per heavy atom. The molecule has 0 spiro atoms. The molecule has 0 atom stereocenters. The Morgan fingerprint density at radius 1 is 1.11 bits per heavy atom. The maximum atomic E-state index is 13.6. The van der Waals surface area contributed by atoms with Crippen molar-refractivity contribution in [3.05, 3.63) is 68.8 Å². The highest BCUT2D eigenvalue weighted by Crippen LogP contribution is 2.31. The fraction of sp³-hybridized carbons (Fsp3) is 0.176. The Balaban J connectivity index is 1.74. The van der Waals surface area contributed by atoms with Gasteiger partial charge in [-0.25, -0.2) is 22.4 Å². The normalized spacial score (nSPS) is 12.6. The summed E-state index contributed by atoms with van der Waals surface area (Å²) in [6, 6.07) is 4.08. The van der Waals surface area contributed by atoms with Crippen LogP contribution in [0.3, 0.4) is 0 Å². The van der Waals surface area contributed by atoms with Gasteiger partial charge < -0.3 is 9.64 Å². The first-order valence-corrected chi connectivity index (χ1v) is 7.78. The molecule has 0 unspecified atom stereocenters. The molecule has 1 aliphatic heterocycles. The summed E-state index contributed by atoms with van der Waals surface area (Å²) in [7, 11) is 0. The molecule has 0 N–H and O–H groups in total. The van der Waals surface area contributed by atoms with Gasteiger partial charge in [-0.3, -0.25) is 14.9 Å². The lowest BCUT2D eigenvalue weighted by atomic mass is 10.1. The summed E-state index contributed by atoms with van der Waals surface area (Å²) < 4.78 is 57.5. The van der Waals surface area contributed by atoms with E-state index in [9.17, 15) is 37.3 Å². The van der Waals surface area contributed by atoms with Crippen LogP contribution in [-0.4, -0.2) is 30.0 Å². The number of non-ortho nitro benzene ring substituents is 1. The second-order valence-corrected chi connectivity index (χ2v) is 5.79. The summed E-state index contributed by atoms with van der Waals surface area (Å²) in [4.78, 5) is 35.5. The summed E-state index contributed by atoms with van der Waals surface area (Å²) in [6.07, 6.45) is 0.413. The quantitative estimate of drug-likeness (QED) is 0.197. The van der Waals surface area contributed by atoms with Gasteiger partial charge in [0.15, 0.2) is 29.9 Å². The molecule has 7 nitrogen and oxygen atoms in total. The van der Waals surface area contributed by atoms with Crippen LogP contribution in [0.15, 0.2) is 24.3 Å². The number of halogens is 4. The zero-order chi connectivity index (χ0) is 20.6. The SMILES string of the molecule is O=C(OCC(=O)N1CCc2ccc([N+](=O)[O-])cc21)c1cc(F)c(F)c(F)c1F. The van der Waals surface area contributed by atoms with Gasteiger partial charge in [-0.15, -0.1) is 0 Å². The topological polar surface area (TPSA) is 89.8 Å². The summed E-state index contributed by atoms with van der Waals surface area (Å²) in [5.41, 5.74) is -0.518. The van der Waals surface area contributed by atoms with Crippen LogP contribution in [0.1, 0.15) is 15.9 Å². The number of hydrogen-bond acceptors (Lipinski definition) is 5. The van der Waals surface area contributed by atoms with E-state index in [2.05, 4.69) is 4.74 Å². The number of carbonyl (C=O) groups excluding carboxylic acids is 2. The molecule has 0 bridgehead atoms. The van der Waals surface area contributed by atoms with Crippen LogP contribution in [0.2, 0.25) is 0 Å². The van der Waals surface area contributed by atoms with Gasteiger partial charge in [-0.2, -0.15) is 0 Å². The Morgan fingerprint density at radius 3 is 2.50 bits per heavy atom. The highest BCUT2D eigenvalue weighted by Gasteiger charge is 2.29. The Bertz CT molecular complexity index is 1010. The lowest BCUT2D eigenvalue weighted by Gasteiger charge is -2.17. The van der Waals surface area contributed by atoms with Crippen molar-refractivity contribution in [1.29, 1.82) is 0 Å². The van der Waals surface area contributed by atoms with Gasteiger partial charge in [0.05, 0.1) is 10.6 Å². The van der Waals surface area contributed by atoms with Crippen LogP contribution < -0.4 is 4.90 Å². The van der Waals surface area contributed by atoms with E-state index in [-0.39, 0.29) is 24.0 Å². The highest BCUT2D eigenvalue weighted by molar-refractivity contribution is 5.98. The van der Waals surface area contributed by atoms with Crippen molar-refractivity contribution in [1.82, 2.24) is 0 Å². The van der Waals surface area contributed by atoms with E-state index >= 15 is 0 Å². The maximum absolute atomic E-state index is 13.6. The van der Waals surface area contributed by atoms with Crippen LogP contribution in [0.5, 0.6) is 0 Å². The minimum absolute atomic E-state index is 0.120. The number of amides is 1. The molecule has 1 amide bonds.